The van der Waals surface area contributed by atoms with E-state index >= 15 is 0 Å². The molecule has 1 fully saturated rings. The summed E-state index contributed by atoms with van der Waals surface area (Å²) in [5.74, 6) is 0. The van der Waals surface area contributed by atoms with Crippen molar-refractivity contribution in [2.75, 3.05) is 25.9 Å². The number of piperazine rings is 1. The van der Waals surface area contributed by atoms with Crippen LogP contribution < -0.4 is 5.32 Å². The molecule has 2 rings (SSSR count). The maximum absolute atomic E-state index is 3.78. The fraction of sp³-hybridized carbons (Fsp3) is 0.667. The van der Waals surface area contributed by atoms with Crippen LogP contribution in [0.2, 0.25) is 0 Å². The van der Waals surface area contributed by atoms with Crippen LogP contribution in [-0.2, 0) is 0 Å². The third-order valence-electron chi connectivity index (χ3n) is 4.82. The monoisotopic (exact) mass is 306 g/mol. The highest BCUT2D eigenvalue weighted by molar-refractivity contribution is 7.99. The van der Waals surface area contributed by atoms with Gasteiger partial charge in [-0.1, -0.05) is 37.3 Å². The first-order valence-corrected chi connectivity index (χ1v) is 9.21. The van der Waals surface area contributed by atoms with Crippen molar-refractivity contribution in [1.82, 2.24) is 10.2 Å². The Morgan fingerprint density at radius 3 is 2.57 bits per heavy atom. The number of hydrogen-bond acceptors (Lipinski definition) is 3. The van der Waals surface area contributed by atoms with Crippen LogP contribution in [0.15, 0.2) is 30.3 Å². The zero-order valence-electron chi connectivity index (χ0n) is 14.1. The van der Waals surface area contributed by atoms with Gasteiger partial charge in [0.15, 0.2) is 0 Å². The van der Waals surface area contributed by atoms with Crippen molar-refractivity contribution in [1.29, 1.82) is 0 Å². The second-order valence-corrected chi connectivity index (χ2v) is 8.60. The maximum Gasteiger partial charge on any atom is 0.0474 e. The summed E-state index contributed by atoms with van der Waals surface area (Å²) in [7, 11) is 0. The molecule has 2 atom stereocenters. The second kappa shape index (κ2) is 6.72. The predicted molar refractivity (Wildman–Crippen MR) is 95.0 cm³/mol. The maximum atomic E-state index is 3.78. The average Bonchev–Trinajstić information content (AvgIpc) is 2.48. The summed E-state index contributed by atoms with van der Waals surface area (Å²) in [5.41, 5.74) is 1.67. The first kappa shape index (κ1) is 16.9. The van der Waals surface area contributed by atoms with E-state index in [9.17, 15) is 0 Å². The van der Waals surface area contributed by atoms with E-state index in [0.29, 0.717) is 10.8 Å². The molecule has 0 radical (unpaired) electrons. The third-order valence-corrected chi connectivity index (χ3v) is 6.05. The van der Waals surface area contributed by atoms with Crippen LogP contribution in [0.5, 0.6) is 0 Å². The molecule has 1 aromatic carbocycles. The van der Waals surface area contributed by atoms with E-state index in [4.69, 9.17) is 0 Å². The largest absolute Gasteiger partial charge is 0.308 e. The molecule has 1 aromatic rings. The molecule has 0 aromatic heterocycles. The Morgan fingerprint density at radius 1 is 1.33 bits per heavy atom. The lowest BCUT2D eigenvalue weighted by Crippen LogP contribution is -2.61. The number of thioether (sulfide) groups is 1. The van der Waals surface area contributed by atoms with E-state index in [1.165, 1.54) is 12.0 Å². The molecular formula is C18H30N2S. The average molecular weight is 307 g/mol. The van der Waals surface area contributed by atoms with Crippen molar-refractivity contribution in [3.63, 3.8) is 0 Å². The van der Waals surface area contributed by atoms with E-state index in [1.54, 1.807) is 0 Å². The van der Waals surface area contributed by atoms with Crippen LogP contribution in [0.1, 0.15) is 45.7 Å². The van der Waals surface area contributed by atoms with Crippen molar-refractivity contribution < 1.29 is 0 Å². The molecule has 118 valence electrons. The van der Waals surface area contributed by atoms with Crippen LogP contribution in [-0.4, -0.2) is 41.1 Å². The van der Waals surface area contributed by atoms with Crippen LogP contribution in [0, 0.1) is 0 Å². The van der Waals surface area contributed by atoms with Crippen LogP contribution >= 0.6 is 11.8 Å². The summed E-state index contributed by atoms with van der Waals surface area (Å²) in [6.07, 6.45) is 3.39. The quantitative estimate of drug-likeness (QED) is 0.887. The van der Waals surface area contributed by atoms with E-state index in [2.05, 4.69) is 74.5 Å². The zero-order chi connectivity index (χ0) is 15.5. The van der Waals surface area contributed by atoms with E-state index in [0.717, 1.165) is 19.6 Å². The van der Waals surface area contributed by atoms with Gasteiger partial charge in [-0.05, 0) is 39.0 Å². The molecule has 0 bridgehead atoms. The molecule has 21 heavy (non-hydrogen) atoms. The minimum atomic E-state index is 0.236. The summed E-state index contributed by atoms with van der Waals surface area (Å²) in [6, 6.07) is 11.4. The van der Waals surface area contributed by atoms with Gasteiger partial charge in [-0.25, -0.2) is 0 Å². The van der Waals surface area contributed by atoms with Crippen molar-refractivity contribution in [2.24, 2.45) is 0 Å². The number of nitrogens with zero attached hydrogens (tertiary/aromatic N) is 1. The lowest BCUT2D eigenvalue weighted by atomic mass is 9.90. The summed E-state index contributed by atoms with van der Waals surface area (Å²) in [6.45, 7) is 12.6. The summed E-state index contributed by atoms with van der Waals surface area (Å²) < 4.78 is 0.291. The van der Waals surface area contributed by atoms with Gasteiger partial charge in [0.25, 0.3) is 0 Å². The van der Waals surface area contributed by atoms with Gasteiger partial charge in [0.05, 0.1) is 0 Å². The number of hydrogen-bond donors (Lipinski definition) is 1. The molecule has 3 heteroatoms. The van der Waals surface area contributed by atoms with Gasteiger partial charge < -0.3 is 5.32 Å². The second-order valence-electron chi connectivity index (χ2n) is 7.09. The fourth-order valence-corrected chi connectivity index (χ4v) is 3.34. The molecule has 1 aliphatic rings. The molecule has 2 unspecified atom stereocenters. The van der Waals surface area contributed by atoms with Crippen molar-refractivity contribution in [2.45, 2.75) is 50.4 Å². The Kier molecular flexibility index (Phi) is 5.39. The third kappa shape index (κ3) is 4.24. The highest BCUT2D eigenvalue weighted by atomic mass is 32.2. The molecule has 0 saturated carbocycles. The van der Waals surface area contributed by atoms with Gasteiger partial charge in [0.2, 0.25) is 0 Å². The summed E-state index contributed by atoms with van der Waals surface area (Å²) in [4.78, 5) is 2.69. The van der Waals surface area contributed by atoms with Crippen LogP contribution in [0.4, 0.5) is 0 Å². The lowest BCUT2D eigenvalue weighted by Gasteiger charge is -2.48. The topological polar surface area (TPSA) is 15.3 Å². The Labute approximate surface area is 134 Å². The van der Waals surface area contributed by atoms with E-state index in [-0.39, 0.29) is 5.54 Å². The molecule has 1 heterocycles. The summed E-state index contributed by atoms with van der Waals surface area (Å²) >= 11 is 1.96. The molecule has 0 amide bonds. The Hall–Kier alpha value is -0.510. The van der Waals surface area contributed by atoms with Gasteiger partial charge in [0.1, 0.15) is 0 Å². The lowest BCUT2D eigenvalue weighted by molar-refractivity contribution is 0.0779. The zero-order valence-corrected chi connectivity index (χ0v) is 15.0. The van der Waals surface area contributed by atoms with Crippen LogP contribution in [0.25, 0.3) is 0 Å². The van der Waals surface area contributed by atoms with Gasteiger partial charge in [-0.2, -0.15) is 11.8 Å². The molecule has 0 spiro atoms. The standard InChI is InChI=1S/C18H30N2S/c1-6-18(4)14-20(13-17(2,3)21-5)16(12-19-18)15-10-8-7-9-11-15/h7-11,16,19H,6,12-14H2,1-5H3. The Balaban J connectivity index is 2.22. The van der Waals surface area contributed by atoms with Gasteiger partial charge >= 0.3 is 0 Å². The predicted octanol–water partition coefficient (Wildman–Crippen LogP) is 3.94. The Morgan fingerprint density at radius 2 is 2.00 bits per heavy atom. The SMILES string of the molecule is CCC1(C)CN(CC(C)(C)SC)C(c2ccccc2)CN1. The van der Waals surface area contributed by atoms with Gasteiger partial charge in [-0.3, -0.25) is 4.90 Å². The van der Waals surface area contributed by atoms with Gasteiger partial charge in [0, 0.05) is 36.0 Å². The number of benzene rings is 1. The van der Waals surface area contributed by atoms with Crippen molar-refractivity contribution in [3.05, 3.63) is 35.9 Å². The van der Waals surface area contributed by atoms with Crippen molar-refractivity contribution >= 4 is 11.8 Å². The normalized spacial score (nSPS) is 27.8. The smallest absolute Gasteiger partial charge is 0.0474 e. The number of nitrogens with one attached hydrogen (secondary N) is 1. The molecule has 2 nitrogen and oxygen atoms in total. The summed E-state index contributed by atoms with van der Waals surface area (Å²) in [5, 5.41) is 3.78. The fourth-order valence-electron chi connectivity index (χ4n) is 3.05. The molecular weight excluding hydrogens is 276 g/mol. The molecule has 1 N–H and O–H groups in total. The first-order chi connectivity index (χ1) is 9.89. The molecule has 1 saturated heterocycles. The minimum Gasteiger partial charge on any atom is -0.308 e. The molecule has 1 aliphatic heterocycles. The first-order valence-electron chi connectivity index (χ1n) is 7.98. The minimum absolute atomic E-state index is 0.236. The molecule has 0 aliphatic carbocycles. The highest BCUT2D eigenvalue weighted by Gasteiger charge is 2.37. The van der Waals surface area contributed by atoms with Crippen LogP contribution in [0.3, 0.4) is 0 Å². The highest BCUT2D eigenvalue weighted by Crippen LogP contribution is 2.32. The van der Waals surface area contributed by atoms with E-state index in [1.807, 2.05) is 11.8 Å². The van der Waals surface area contributed by atoms with Crippen molar-refractivity contribution in [3.8, 4) is 0 Å². The Bertz CT molecular complexity index is 444. The van der Waals surface area contributed by atoms with Gasteiger partial charge in [-0.15, -0.1) is 0 Å². The van der Waals surface area contributed by atoms with E-state index < -0.39 is 0 Å². The number of rotatable bonds is 5.